The molecule has 0 saturated carbocycles. The van der Waals surface area contributed by atoms with Crippen LogP contribution in [0.1, 0.15) is 29.9 Å². The fourth-order valence-electron chi connectivity index (χ4n) is 4.08. The average Bonchev–Trinajstić information content (AvgIpc) is 3.29. The van der Waals surface area contributed by atoms with E-state index in [-0.39, 0.29) is 11.8 Å². The molecule has 8 nitrogen and oxygen atoms in total. The number of ether oxygens (including phenoxy) is 2. The Hall–Kier alpha value is -3.39. The molecular weight excluding hydrogens is 420 g/mol. The lowest BCUT2D eigenvalue weighted by molar-refractivity contribution is -0.121. The molecule has 0 aliphatic carbocycles. The Morgan fingerprint density at radius 3 is 2.70 bits per heavy atom. The number of anilines is 1. The molecule has 3 aromatic rings. The summed E-state index contributed by atoms with van der Waals surface area (Å²) in [7, 11) is 3.18. The second-order valence-electron chi connectivity index (χ2n) is 8.44. The molecule has 1 atom stereocenters. The maximum absolute atomic E-state index is 12.9. The van der Waals surface area contributed by atoms with Gasteiger partial charge >= 0.3 is 0 Å². The van der Waals surface area contributed by atoms with Gasteiger partial charge in [0, 0.05) is 17.8 Å². The minimum atomic E-state index is -0.0754. The van der Waals surface area contributed by atoms with E-state index in [4.69, 9.17) is 14.0 Å². The van der Waals surface area contributed by atoms with Gasteiger partial charge in [-0.1, -0.05) is 11.2 Å². The third-order valence-corrected chi connectivity index (χ3v) is 6.12. The van der Waals surface area contributed by atoms with Crippen molar-refractivity contribution in [2.24, 2.45) is 5.92 Å². The Balaban J connectivity index is 1.38. The number of nitrogens with one attached hydrogen (secondary N) is 1. The van der Waals surface area contributed by atoms with Crippen LogP contribution in [-0.4, -0.2) is 48.3 Å². The summed E-state index contributed by atoms with van der Waals surface area (Å²) in [6, 6.07) is 11.5. The Kier molecular flexibility index (Phi) is 6.93. The maximum atomic E-state index is 12.9. The molecule has 0 bridgehead atoms. The maximum Gasteiger partial charge on any atom is 0.241 e. The molecule has 174 valence electrons. The number of hydrogen-bond donors (Lipinski definition) is 1. The van der Waals surface area contributed by atoms with E-state index >= 15 is 0 Å². The van der Waals surface area contributed by atoms with Gasteiger partial charge in [0.1, 0.15) is 0 Å². The van der Waals surface area contributed by atoms with Gasteiger partial charge in [0.25, 0.3) is 0 Å². The molecule has 0 radical (unpaired) electrons. The van der Waals surface area contributed by atoms with Gasteiger partial charge in [-0.15, -0.1) is 0 Å². The van der Waals surface area contributed by atoms with Gasteiger partial charge in [0.05, 0.1) is 26.7 Å². The highest BCUT2D eigenvalue weighted by atomic mass is 16.5. The summed E-state index contributed by atoms with van der Waals surface area (Å²) in [5, 5.41) is 7.19. The standard InChI is InChI=1S/C25H30N4O4/c1-16-7-9-20(12-17(16)2)26-25(30)19-6-5-11-29(14-19)15-23-27-24(28-33-23)18-8-10-21(31-3)22(13-18)32-4/h7-10,12-13,19H,5-6,11,14-15H2,1-4H3,(H,26,30)/t19-/m0/s1. The number of benzene rings is 2. The zero-order chi connectivity index (χ0) is 23.4. The summed E-state index contributed by atoms with van der Waals surface area (Å²) in [6.07, 6.45) is 1.82. The number of piperidine rings is 1. The SMILES string of the molecule is COc1ccc(-c2noc(CN3CCC[C@H](C(=O)Nc4ccc(C)c(C)c4)C3)n2)cc1OC. The summed E-state index contributed by atoms with van der Waals surface area (Å²) < 4.78 is 16.1. The van der Waals surface area contributed by atoms with E-state index in [0.29, 0.717) is 36.3 Å². The van der Waals surface area contributed by atoms with Crippen molar-refractivity contribution in [3.63, 3.8) is 0 Å². The number of nitrogens with zero attached hydrogens (tertiary/aromatic N) is 3. The van der Waals surface area contributed by atoms with Gasteiger partial charge in [-0.25, -0.2) is 0 Å². The fraction of sp³-hybridized carbons (Fsp3) is 0.400. The third-order valence-electron chi connectivity index (χ3n) is 6.12. The molecule has 1 fully saturated rings. The van der Waals surface area contributed by atoms with Gasteiger partial charge in [-0.3, -0.25) is 9.69 Å². The van der Waals surface area contributed by atoms with Gasteiger partial charge in [0.2, 0.25) is 17.6 Å². The molecule has 0 unspecified atom stereocenters. The molecule has 1 aliphatic heterocycles. The number of carbonyl (C=O) groups excluding carboxylic acids is 1. The Morgan fingerprint density at radius 2 is 1.94 bits per heavy atom. The van der Waals surface area contributed by atoms with Gasteiger partial charge in [0.15, 0.2) is 11.5 Å². The van der Waals surface area contributed by atoms with E-state index in [2.05, 4.69) is 27.3 Å². The van der Waals surface area contributed by atoms with Crippen molar-refractivity contribution >= 4 is 11.6 Å². The number of likely N-dealkylation sites (tertiary alicyclic amines) is 1. The van der Waals surface area contributed by atoms with Crippen LogP contribution in [0.25, 0.3) is 11.4 Å². The smallest absolute Gasteiger partial charge is 0.241 e. The highest BCUT2D eigenvalue weighted by Gasteiger charge is 2.27. The van der Waals surface area contributed by atoms with Crippen LogP contribution in [0.5, 0.6) is 11.5 Å². The molecule has 1 saturated heterocycles. The number of aromatic nitrogens is 2. The number of amides is 1. The zero-order valence-electron chi connectivity index (χ0n) is 19.6. The number of methoxy groups -OCH3 is 2. The molecule has 1 aromatic heterocycles. The average molecular weight is 451 g/mol. The van der Waals surface area contributed by atoms with Crippen LogP contribution >= 0.6 is 0 Å². The topological polar surface area (TPSA) is 89.7 Å². The van der Waals surface area contributed by atoms with Gasteiger partial charge < -0.3 is 19.3 Å². The van der Waals surface area contributed by atoms with Crippen molar-refractivity contribution in [3.05, 3.63) is 53.4 Å². The van der Waals surface area contributed by atoms with Crippen molar-refractivity contribution in [3.8, 4) is 22.9 Å². The molecule has 2 heterocycles. The lowest BCUT2D eigenvalue weighted by Crippen LogP contribution is -2.40. The van der Waals surface area contributed by atoms with Crippen LogP contribution in [0.15, 0.2) is 40.9 Å². The van der Waals surface area contributed by atoms with Crippen LogP contribution in [0.2, 0.25) is 0 Å². The first-order valence-electron chi connectivity index (χ1n) is 11.1. The van der Waals surface area contributed by atoms with Crippen LogP contribution < -0.4 is 14.8 Å². The number of hydrogen-bond acceptors (Lipinski definition) is 7. The van der Waals surface area contributed by atoms with E-state index in [0.717, 1.165) is 30.6 Å². The van der Waals surface area contributed by atoms with Crippen molar-refractivity contribution in [2.75, 3.05) is 32.6 Å². The molecule has 8 heteroatoms. The van der Waals surface area contributed by atoms with Crippen LogP contribution in [0, 0.1) is 19.8 Å². The number of aryl methyl sites for hydroxylation is 2. The Bertz CT molecular complexity index is 1130. The minimum Gasteiger partial charge on any atom is -0.493 e. The summed E-state index contributed by atoms with van der Waals surface area (Å²) in [5.74, 6) is 2.24. The van der Waals surface area contributed by atoms with E-state index in [1.807, 2.05) is 43.3 Å². The highest BCUT2D eigenvalue weighted by Crippen LogP contribution is 2.31. The number of rotatable bonds is 7. The van der Waals surface area contributed by atoms with E-state index in [1.165, 1.54) is 11.1 Å². The monoisotopic (exact) mass is 450 g/mol. The Morgan fingerprint density at radius 1 is 1.12 bits per heavy atom. The van der Waals surface area contributed by atoms with E-state index in [1.54, 1.807) is 14.2 Å². The predicted octanol–water partition coefficient (Wildman–Crippen LogP) is 4.22. The largest absolute Gasteiger partial charge is 0.493 e. The van der Waals surface area contributed by atoms with Crippen molar-refractivity contribution in [2.45, 2.75) is 33.2 Å². The second kappa shape index (κ2) is 10.0. The molecule has 33 heavy (non-hydrogen) atoms. The molecule has 1 aliphatic rings. The molecule has 1 amide bonds. The van der Waals surface area contributed by atoms with Crippen molar-refractivity contribution in [1.82, 2.24) is 15.0 Å². The molecule has 0 spiro atoms. The highest BCUT2D eigenvalue weighted by molar-refractivity contribution is 5.92. The first-order chi connectivity index (χ1) is 16.0. The summed E-state index contributed by atoms with van der Waals surface area (Å²) in [6.45, 7) is 6.17. The normalized spacial score (nSPS) is 16.4. The second-order valence-corrected chi connectivity index (χ2v) is 8.44. The van der Waals surface area contributed by atoms with Gasteiger partial charge in [-0.2, -0.15) is 4.98 Å². The molecule has 2 aromatic carbocycles. The first-order valence-corrected chi connectivity index (χ1v) is 11.1. The first kappa shape index (κ1) is 22.8. The lowest BCUT2D eigenvalue weighted by Gasteiger charge is -2.30. The molecular formula is C25H30N4O4. The van der Waals surface area contributed by atoms with Crippen LogP contribution in [0.3, 0.4) is 0 Å². The predicted molar refractivity (Wildman–Crippen MR) is 125 cm³/mol. The quantitative estimate of drug-likeness (QED) is 0.576. The third kappa shape index (κ3) is 5.34. The number of carbonyl (C=O) groups is 1. The van der Waals surface area contributed by atoms with Gasteiger partial charge in [-0.05, 0) is 74.7 Å². The van der Waals surface area contributed by atoms with Crippen molar-refractivity contribution in [1.29, 1.82) is 0 Å². The van der Waals surface area contributed by atoms with Crippen LogP contribution in [0.4, 0.5) is 5.69 Å². The summed E-state index contributed by atoms with van der Waals surface area (Å²) in [5.41, 5.74) is 4.01. The van der Waals surface area contributed by atoms with Crippen molar-refractivity contribution < 1.29 is 18.8 Å². The van der Waals surface area contributed by atoms with E-state index < -0.39 is 0 Å². The molecule has 1 N–H and O–H groups in total. The summed E-state index contributed by atoms with van der Waals surface area (Å²) >= 11 is 0. The van der Waals surface area contributed by atoms with E-state index in [9.17, 15) is 4.79 Å². The minimum absolute atomic E-state index is 0.0551. The lowest BCUT2D eigenvalue weighted by atomic mass is 9.97. The summed E-state index contributed by atoms with van der Waals surface area (Å²) in [4.78, 5) is 19.6. The zero-order valence-corrected chi connectivity index (χ0v) is 19.6. The molecule has 4 rings (SSSR count). The van der Waals surface area contributed by atoms with Crippen LogP contribution in [-0.2, 0) is 11.3 Å². The fourth-order valence-corrected chi connectivity index (χ4v) is 4.08. The Labute approximate surface area is 193 Å².